The van der Waals surface area contributed by atoms with Crippen molar-refractivity contribution >= 4 is 6.09 Å². The van der Waals surface area contributed by atoms with Crippen molar-refractivity contribution in [3.8, 4) is 11.5 Å². The number of alkyl halides is 3. The lowest BCUT2D eigenvalue weighted by atomic mass is 9.68. The van der Waals surface area contributed by atoms with Gasteiger partial charge >= 0.3 is 12.5 Å². The maximum atomic E-state index is 13.3. The van der Waals surface area contributed by atoms with Crippen molar-refractivity contribution in [1.82, 2.24) is 4.90 Å². The van der Waals surface area contributed by atoms with Crippen LogP contribution in [0.3, 0.4) is 0 Å². The summed E-state index contributed by atoms with van der Waals surface area (Å²) in [5, 5.41) is 11.8. The van der Waals surface area contributed by atoms with Crippen LogP contribution in [0.2, 0.25) is 0 Å². The molecular weight excluding hydrogens is 499 g/mol. The molecule has 0 aromatic heterocycles. The molecule has 0 radical (unpaired) electrons. The van der Waals surface area contributed by atoms with Crippen LogP contribution in [0.5, 0.6) is 11.5 Å². The molecule has 1 heterocycles. The van der Waals surface area contributed by atoms with Crippen LogP contribution in [-0.2, 0) is 4.74 Å². The number of benzene rings is 1. The Balaban J connectivity index is 1.83. The molecule has 6 nitrogen and oxygen atoms in total. The highest BCUT2D eigenvalue weighted by Crippen LogP contribution is 2.47. The van der Waals surface area contributed by atoms with Gasteiger partial charge in [0.1, 0.15) is 5.60 Å². The molecule has 1 saturated heterocycles. The SMILES string of the molecule is CC(C)COc1ccc(C(CC2CCN(C(=O)OC(C)(C)C)CC2)C2(O)CCCCC2)cc1OC(F)(F)F. The Kier molecular flexibility index (Phi) is 9.87. The Morgan fingerprint density at radius 1 is 1.08 bits per heavy atom. The molecule has 216 valence electrons. The van der Waals surface area contributed by atoms with Gasteiger partial charge in [-0.2, -0.15) is 0 Å². The normalized spacial score (nSPS) is 19.8. The Hall–Kier alpha value is -2.16. The Morgan fingerprint density at radius 2 is 1.71 bits per heavy atom. The lowest BCUT2D eigenvalue weighted by Gasteiger charge is -2.42. The van der Waals surface area contributed by atoms with E-state index in [2.05, 4.69) is 4.74 Å². The van der Waals surface area contributed by atoms with Crippen LogP contribution in [0.4, 0.5) is 18.0 Å². The fraction of sp³-hybridized carbons (Fsp3) is 0.759. The van der Waals surface area contributed by atoms with Gasteiger partial charge in [0.15, 0.2) is 11.5 Å². The number of halogens is 3. The molecule has 3 rings (SSSR count). The largest absolute Gasteiger partial charge is 0.573 e. The number of ether oxygens (including phenoxy) is 3. The van der Waals surface area contributed by atoms with E-state index in [9.17, 15) is 23.1 Å². The topological polar surface area (TPSA) is 68.2 Å². The second kappa shape index (κ2) is 12.3. The third-order valence-corrected chi connectivity index (χ3v) is 7.37. The van der Waals surface area contributed by atoms with Crippen molar-refractivity contribution in [3.05, 3.63) is 23.8 Å². The minimum Gasteiger partial charge on any atom is -0.489 e. The first-order valence-electron chi connectivity index (χ1n) is 13.9. The van der Waals surface area contributed by atoms with Gasteiger partial charge in [0.2, 0.25) is 0 Å². The molecule has 38 heavy (non-hydrogen) atoms. The number of aliphatic hydroxyl groups is 1. The minimum atomic E-state index is -4.86. The van der Waals surface area contributed by atoms with Gasteiger partial charge in [0.25, 0.3) is 0 Å². The summed E-state index contributed by atoms with van der Waals surface area (Å²) in [6.07, 6.45) is 0.928. The van der Waals surface area contributed by atoms with Crippen LogP contribution < -0.4 is 9.47 Å². The Morgan fingerprint density at radius 3 is 2.26 bits per heavy atom. The van der Waals surface area contributed by atoms with Crippen molar-refractivity contribution in [2.45, 2.75) is 109 Å². The maximum absolute atomic E-state index is 13.3. The van der Waals surface area contributed by atoms with E-state index in [1.807, 2.05) is 34.6 Å². The molecular formula is C29H44F3NO5. The van der Waals surface area contributed by atoms with Gasteiger partial charge in [0, 0.05) is 19.0 Å². The van der Waals surface area contributed by atoms with E-state index in [4.69, 9.17) is 9.47 Å². The van der Waals surface area contributed by atoms with Crippen molar-refractivity contribution in [2.24, 2.45) is 11.8 Å². The molecule has 2 fully saturated rings. The molecule has 1 saturated carbocycles. The molecule has 1 amide bonds. The van der Waals surface area contributed by atoms with Crippen molar-refractivity contribution in [1.29, 1.82) is 0 Å². The summed E-state index contributed by atoms with van der Waals surface area (Å²) in [5.41, 5.74) is -0.943. The zero-order valence-corrected chi connectivity index (χ0v) is 23.4. The fourth-order valence-corrected chi connectivity index (χ4v) is 5.51. The van der Waals surface area contributed by atoms with Gasteiger partial charge in [-0.05, 0) is 82.4 Å². The highest BCUT2D eigenvalue weighted by molar-refractivity contribution is 5.68. The maximum Gasteiger partial charge on any atom is 0.573 e. The number of nitrogens with zero attached hydrogens (tertiary/aromatic N) is 1. The van der Waals surface area contributed by atoms with Gasteiger partial charge in [-0.1, -0.05) is 39.2 Å². The second-order valence-electron chi connectivity index (χ2n) is 12.3. The van der Waals surface area contributed by atoms with Crippen molar-refractivity contribution in [3.63, 3.8) is 0 Å². The molecule has 1 aliphatic heterocycles. The van der Waals surface area contributed by atoms with Gasteiger partial charge in [-0.3, -0.25) is 0 Å². The second-order valence-corrected chi connectivity index (χ2v) is 12.3. The van der Waals surface area contributed by atoms with E-state index in [1.54, 1.807) is 11.0 Å². The summed E-state index contributed by atoms with van der Waals surface area (Å²) in [6.45, 7) is 10.7. The van der Waals surface area contributed by atoms with Gasteiger partial charge < -0.3 is 24.2 Å². The number of carbonyl (C=O) groups excluding carboxylic acids is 1. The first-order chi connectivity index (χ1) is 17.7. The average Bonchev–Trinajstić information content (AvgIpc) is 2.80. The lowest BCUT2D eigenvalue weighted by Crippen LogP contribution is -2.43. The fourth-order valence-electron chi connectivity index (χ4n) is 5.51. The number of hydrogen-bond acceptors (Lipinski definition) is 5. The molecule has 2 aliphatic rings. The quantitative estimate of drug-likeness (QED) is 0.369. The standard InChI is InChI=1S/C29H44F3NO5/c1-20(2)19-36-24-10-9-22(18-25(24)37-29(30,31)32)23(28(35)13-7-6-8-14-28)17-21-11-15-33(16-12-21)26(34)38-27(3,4)5/h9-10,18,20-21,23,35H,6-8,11-17,19H2,1-5H3. The first kappa shape index (κ1) is 30.4. The first-order valence-corrected chi connectivity index (χ1v) is 13.9. The summed E-state index contributed by atoms with van der Waals surface area (Å²) >= 11 is 0. The number of likely N-dealkylation sites (tertiary alicyclic amines) is 1. The summed E-state index contributed by atoms with van der Waals surface area (Å²) in [7, 11) is 0. The van der Waals surface area contributed by atoms with Gasteiger partial charge in [0.05, 0.1) is 12.2 Å². The van der Waals surface area contributed by atoms with Crippen LogP contribution in [-0.4, -0.2) is 53.4 Å². The van der Waals surface area contributed by atoms with E-state index in [1.165, 1.54) is 12.1 Å². The number of carbonyl (C=O) groups is 1. The predicted molar refractivity (Wildman–Crippen MR) is 139 cm³/mol. The number of rotatable bonds is 8. The Bertz CT molecular complexity index is 914. The highest BCUT2D eigenvalue weighted by atomic mass is 19.4. The third kappa shape index (κ3) is 8.95. The van der Waals surface area contributed by atoms with E-state index < -0.39 is 17.6 Å². The highest BCUT2D eigenvalue weighted by Gasteiger charge is 2.41. The molecule has 0 spiro atoms. The van der Waals surface area contributed by atoms with E-state index in [0.29, 0.717) is 37.9 Å². The van der Waals surface area contributed by atoms with E-state index in [0.717, 1.165) is 32.1 Å². The van der Waals surface area contributed by atoms with E-state index >= 15 is 0 Å². The van der Waals surface area contributed by atoms with Crippen molar-refractivity contribution in [2.75, 3.05) is 19.7 Å². The smallest absolute Gasteiger partial charge is 0.489 e. The zero-order valence-electron chi connectivity index (χ0n) is 23.4. The summed E-state index contributed by atoms with van der Waals surface area (Å²) in [4.78, 5) is 14.2. The van der Waals surface area contributed by atoms with Gasteiger partial charge in [-0.15, -0.1) is 13.2 Å². The third-order valence-electron chi connectivity index (χ3n) is 7.37. The van der Waals surface area contributed by atoms with Crippen molar-refractivity contribution < 1.29 is 37.3 Å². The van der Waals surface area contributed by atoms with Gasteiger partial charge in [-0.25, -0.2) is 4.79 Å². The summed E-state index contributed by atoms with van der Waals surface area (Å²) < 4.78 is 55.4. The molecule has 1 unspecified atom stereocenters. The number of hydrogen-bond donors (Lipinski definition) is 1. The van der Waals surface area contributed by atoms with Crippen LogP contribution in [0.25, 0.3) is 0 Å². The molecule has 1 atom stereocenters. The van der Waals surface area contributed by atoms with Crippen LogP contribution in [0, 0.1) is 11.8 Å². The van der Waals surface area contributed by atoms with Crippen LogP contribution >= 0.6 is 0 Å². The van der Waals surface area contributed by atoms with Crippen LogP contribution in [0.1, 0.15) is 97.5 Å². The molecule has 1 N–H and O–H groups in total. The molecule has 1 aromatic rings. The predicted octanol–water partition coefficient (Wildman–Crippen LogP) is 7.44. The molecule has 0 bridgehead atoms. The average molecular weight is 544 g/mol. The summed E-state index contributed by atoms with van der Waals surface area (Å²) in [5.74, 6) is -0.334. The minimum absolute atomic E-state index is 0.0415. The summed E-state index contributed by atoms with van der Waals surface area (Å²) in [6, 6.07) is 4.70. The van der Waals surface area contributed by atoms with E-state index in [-0.39, 0.29) is 42.0 Å². The lowest BCUT2D eigenvalue weighted by molar-refractivity contribution is -0.275. The number of piperidine rings is 1. The Labute approximate surface area is 224 Å². The van der Waals surface area contributed by atoms with Crippen LogP contribution in [0.15, 0.2) is 18.2 Å². The number of amides is 1. The molecule has 1 aliphatic carbocycles. The molecule has 9 heteroatoms. The monoisotopic (exact) mass is 543 g/mol. The molecule has 1 aromatic carbocycles. The zero-order chi connectivity index (χ0) is 28.1.